The summed E-state index contributed by atoms with van der Waals surface area (Å²) in [6.07, 6.45) is 0. The Labute approximate surface area is 173 Å². The van der Waals surface area contributed by atoms with E-state index in [1.54, 1.807) is 16.7 Å². The molecule has 2 aromatic carbocycles. The van der Waals surface area contributed by atoms with Gasteiger partial charge in [-0.05, 0) is 31.2 Å². The van der Waals surface area contributed by atoms with Crippen LogP contribution in [-0.2, 0) is 11.3 Å². The van der Waals surface area contributed by atoms with Gasteiger partial charge in [-0.25, -0.2) is 0 Å². The number of aromatic nitrogens is 1. The highest BCUT2D eigenvalue weighted by Crippen LogP contribution is 2.24. The van der Waals surface area contributed by atoms with Gasteiger partial charge in [0.05, 0.1) is 32.3 Å². The molecule has 0 N–H and O–H groups in total. The number of fused-ring (bicyclic) bond motifs is 1. The minimum absolute atomic E-state index is 0.0238. The van der Waals surface area contributed by atoms with Crippen LogP contribution in [0.25, 0.3) is 10.2 Å². The molecule has 0 saturated heterocycles. The number of thiazole rings is 1. The van der Waals surface area contributed by atoms with E-state index in [4.69, 9.17) is 27.9 Å². The molecule has 10 heteroatoms. The Hall–Kier alpha value is -2.26. The molecule has 0 spiro atoms. The monoisotopic (exact) mass is 439 g/mol. The van der Waals surface area contributed by atoms with Crippen molar-refractivity contribution in [2.24, 2.45) is 4.99 Å². The van der Waals surface area contributed by atoms with E-state index in [0.29, 0.717) is 34.3 Å². The van der Waals surface area contributed by atoms with Crippen LogP contribution < -0.4 is 4.80 Å². The van der Waals surface area contributed by atoms with Gasteiger partial charge < -0.3 is 9.30 Å². The lowest BCUT2D eigenvalue weighted by Gasteiger charge is -2.05. The van der Waals surface area contributed by atoms with Crippen LogP contribution in [0, 0.1) is 10.1 Å². The number of hydrogen-bond acceptors (Lipinski definition) is 5. The van der Waals surface area contributed by atoms with Crippen molar-refractivity contribution < 1.29 is 14.5 Å². The van der Waals surface area contributed by atoms with Crippen LogP contribution in [0.1, 0.15) is 17.3 Å². The van der Waals surface area contributed by atoms with E-state index in [0.717, 1.165) is 5.52 Å². The molecule has 146 valence electrons. The second-order valence-corrected chi connectivity index (χ2v) is 7.54. The standard InChI is InChI=1S/C18H15Cl2N3O4S/c1-2-27-8-7-22-15-6-4-12(23(25)26)10-16(15)28-18(22)21-17(24)13-5-3-11(19)9-14(13)20/h3-6,9-10H,2,7-8H2,1H3. The van der Waals surface area contributed by atoms with E-state index in [-0.39, 0.29) is 16.3 Å². The quantitative estimate of drug-likeness (QED) is 0.316. The largest absolute Gasteiger partial charge is 0.380 e. The first-order valence-corrected chi connectivity index (χ1v) is 9.87. The Morgan fingerprint density at radius 3 is 2.75 bits per heavy atom. The lowest BCUT2D eigenvalue weighted by molar-refractivity contribution is -0.384. The summed E-state index contributed by atoms with van der Waals surface area (Å²) < 4.78 is 7.87. The lowest BCUT2D eigenvalue weighted by atomic mass is 10.2. The van der Waals surface area contributed by atoms with E-state index >= 15 is 0 Å². The van der Waals surface area contributed by atoms with Gasteiger partial charge in [0.15, 0.2) is 4.80 Å². The van der Waals surface area contributed by atoms with Gasteiger partial charge in [0, 0.05) is 30.3 Å². The van der Waals surface area contributed by atoms with Crippen molar-refractivity contribution >= 4 is 56.3 Å². The maximum Gasteiger partial charge on any atom is 0.281 e. The fourth-order valence-corrected chi connectivity index (χ4v) is 4.16. The van der Waals surface area contributed by atoms with Crippen molar-refractivity contribution in [2.75, 3.05) is 13.2 Å². The molecule has 7 nitrogen and oxygen atoms in total. The minimum atomic E-state index is -0.520. The fraction of sp³-hybridized carbons (Fsp3) is 0.222. The van der Waals surface area contributed by atoms with Gasteiger partial charge in [-0.3, -0.25) is 14.9 Å². The molecule has 28 heavy (non-hydrogen) atoms. The van der Waals surface area contributed by atoms with Gasteiger partial charge >= 0.3 is 0 Å². The summed E-state index contributed by atoms with van der Waals surface area (Å²) >= 11 is 13.2. The van der Waals surface area contributed by atoms with Gasteiger partial charge in [-0.2, -0.15) is 4.99 Å². The van der Waals surface area contributed by atoms with Crippen molar-refractivity contribution in [1.29, 1.82) is 0 Å². The van der Waals surface area contributed by atoms with Crippen molar-refractivity contribution in [3.05, 3.63) is 66.9 Å². The molecule has 1 aromatic heterocycles. The molecular formula is C18H15Cl2N3O4S. The van der Waals surface area contributed by atoms with Gasteiger partial charge in [0.1, 0.15) is 0 Å². The number of non-ortho nitro benzene ring substituents is 1. The summed E-state index contributed by atoms with van der Waals surface area (Å²) in [4.78, 5) is 27.8. The average Bonchev–Trinajstić information content (AvgIpc) is 2.98. The predicted molar refractivity (Wildman–Crippen MR) is 109 cm³/mol. The van der Waals surface area contributed by atoms with Gasteiger partial charge in [-0.15, -0.1) is 0 Å². The molecule has 3 rings (SSSR count). The number of rotatable bonds is 6. The highest BCUT2D eigenvalue weighted by molar-refractivity contribution is 7.16. The minimum Gasteiger partial charge on any atom is -0.380 e. The third-order valence-corrected chi connectivity index (χ3v) is 5.49. The summed E-state index contributed by atoms with van der Waals surface area (Å²) in [5.41, 5.74) is 0.944. The molecule has 0 unspecified atom stereocenters. The van der Waals surface area contributed by atoms with Crippen molar-refractivity contribution in [1.82, 2.24) is 4.57 Å². The number of hydrogen-bond donors (Lipinski definition) is 0. The zero-order valence-electron chi connectivity index (χ0n) is 14.7. The van der Waals surface area contributed by atoms with E-state index in [2.05, 4.69) is 4.99 Å². The molecule has 1 heterocycles. The zero-order valence-corrected chi connectivity index (χ0v) is 17.1. The van der Waals surface area contributed by atoms with Crippen LogP contribution in [0.4, 0.5) is 5.69 Å². The van der Waals surface area contributed by atoms with Crippen LogP contribution in [0.2, 0.25) is 10.0 Å². The van der Waals surface area contributed by atoms with E-state index < -0.39 is 10.8 Å². The molecule has 0 aliphatic carbocycles. The topological polar surface area (TPSA) is 86.7 Å². The number of amides is 1. The lowest BCUT2D eigenvalue weighted by Crippen LogP contribution is -2.19. The Morgan fingerprint density at radius 1 is 1.29 bits per heavy atom. The molecule has 0 atom stereocenters. The molecule has 0 radical (unpaired) electrons. The molecule has 0 bridgehead atoms. The van der Waals surface area contributed by atoms with E-state index in [1.165, 1.54) is 35.6 Å². The average molecular weight is 440 g/mol. The first-order valence-electron chi connectivity index (χ1n) is 8.30. The number of nitro groups is 1. The van der Waals surface area contributed by atoms with Crippen LogP contribution in [0.5, 0.6) is 0 Å². The second kappa shape index (κ2) is 8.83. The van der Waals surface area contributed by atoms with Crippen LogP contribution >= 0.6 is 34.5 Å². The SMILES string of the molecule is CCOCCn1c(=NC(=O)c2ccc(Cl)cc2Cl)sc2cc([N+](=O)[O-])ccc21. The Balaban J connectivity index is 2.11. The highest BCUT2D eigenvalue weighted by atomic mass is 35.5. The molecular weight excluding hydrogens is 425 g/mol. The summed E-state index contributed by atoms with van der Waals surface area (Å²) in [5, 5.41) is 11.7. The number of carbonyl (C=O) groups is 1. The molecule has 1 amide bonds. The Bertz CT molecular complexity index is 1120. The van der Waals surface area contributed by atoms with Crippen LogP contribution in [0.3, 0.4) is 0 Å². The number of carbonyl (C=O) groups excluding carboxylic acids is 1. The van der Waals surface area contributed by atoms with Gasteiger partial charge in [0.2, 0.25) is 0 Å². The van der Waals surface area contributed by atoms with Crippen LogP contribution in [-0.4, -0.2) is 28.6 Å². The number of halogens is 2. The van der Waals surface area contributed by atoms with Crippen molar-refractivity contribution in [2.45, 2.75) is 13.5 Å². The molecule has 0 aliphatic rings. The predicted octanol–water partition coefficient (Wildman–Crippen LogP) is 4.70. The smallest absolute Gasteiger partial charge is 0.281 e. The normalized spacial score (nSPS) is 11.9. The third-order valence-electron chi connectivity index (χ3n) is 3.90. The number of nitro benzene ring substituents is 1. The van der Waals surface area contributed by atoms with Crippen molar-refractivity contribution in [3.8, 4) is 0 Å². The fourth-order valence-electron chi connectivity index (χ4n) is 2.59. The molecule has 0 saturated carbocycles. The summed E-state index contributed by atoms with van der Waals surface area (Å²) in [6.45, 7) is 3.31. The van der Waals surface area contributed by atoms with E-state index in [1.807, 2.05) is 6.92 Å². The number of benzene rings is 2. The maximum absolute atomic E-state index is 12.6. The summed E-state index contributed by atoms with van der Waals surface area (Å²) in [5.74, 6) is -0.520. The van der Waals surface area contributed by atoms with E-state index in [9.17, 15) is 14.9 Å². The first kappa shape index (κ1) is 20.5. The van der Waals surface area contributed by atoms with Crippen molar-refractivity contribution in [3.63, 3.8) is 0 Å². The second-order valence-electron chi connectivity index (χ2n) is 5.68. The summed E-state index contributed by atoms with van der Waals surface area (Å²) in [6, 6.07) is 9.09. The maximum atomic E-state index is 12.6. The Kier molecular flexibility index (Phi) is 6.46. The Morgan fingerprint density at radius 2 is 2.07 bits per heavy atom. The molecule has 3 aromatic rings. The van der Waals surface area contributed by atoms with Gasteiger partial charge in [-0.1, -0.05) is 34.5 Å². The summed E-state index contributed by atoms with van der Waals surface area (Å²) in [7, 11) is 0. The number of ether oxygens (including phenoxy) is 1. The first-order chi connectivity index (χ1) is 13.4. The third kappa shape index (κ3) is 4.41. The molecule has 0 fully saturated rings. The number of nitrogens with zero attached hydrogens (tertiary/aromatic N) is 3. The zero-order chi connectivity index (χ0) is 20.3. The van der Waals surface area contributed by atoms with Gasteiger partial charge in [0.25, 0.3) is 11.6 Å². The highest BCUT2D eigenvalue weighted by Gasteiger charge is 2.14. The van der Waals surface area contributed by atoms with Crippen LogP contribution in [0.15, 0.2) is 41.4 Å². The molecule has 0 aliphatic heterocycles.